The average Bonchev–Trinajstić information content (AvgIpc) is 2.59. The molecule has 2 rings (SSSR count). The fourth-order valence-electron chi connectivity index (χ4n) is 2.44. The molecule has 4 atom stereocenters. The number of likely N-dealkylation sites (N-methyl/N-ethyl adjacent to an activating group) is 1. The summed E-state index contributed by atoms with van der Waals surface area (Å²) in [4.78, 5) is 2.41. The molecule has 1 heterocycles. The normalized spacial score (nSPS) is 42.0. The number of aliphatic hydroxyl groups excluding tert-OH is 1. The van der Waals surface area contributed by atoms with Crippen molar-refractivity contribution in [3.8, 4) is 0 Å². The van der Waals surface area contributed by atoms with E-state index in [-0.39, 0.29) is 6.10 Å². The standard InChI is InChI=1S/C11H22N2O/c1-8-3-9(8)6-13(2)7-10-4-11(14)5-12-10/h8-12,14H,3-7H2,1-2H3. The van der Waals surface area contributed by atoms with Gasteiger partial charge in [0.15, 0.2) is 0 Å². The second kappa shape index (κ2) is 4.17. The van der Waals surface area contributed by atoms with Crippen LogP contribution in [0.3, 0.4) is 0 Å². The van der Waals surface area contributed by atoms with Gasteiger partial charge in [-0.1, -0.05) is 6.92 Å². The molecule has 3 nitrogen and oxygen atoms in total. The number of nitrogens with one attached hydrogen (secondary N) is 1. The van der Waals surface area contributed by atoms with Crippen LogP contribution >= 0.6 is 0 Å². The molecule has 0 aromatic rings. The van der Waals surface area contributed by atoms with Crippen molar-refractivity contribution in [2.45, 2.75) is 31.9 Å². The van der Waals surface area contributed by atoms with E-state index in [0.717, 1.165) is 31.3 Å². The van der Waals surface area contributed by atoms with Crippen LogP contribution in [0.25, 0.3) is 0 Å². The van der Waals surface area contributed by atoms with Gasteiger partial charge in [0.1, 0.15) is 0 Å². The van der Waals surface area contributed by atoms with Gasteiger partial charge < -0.3 is 15.3 Å². The Morgan fingerprint density at radius 1 is 1.36 bits per heavy atom. The van der Waals surface area contributed by atoms with Crippen LogP contribution in [0.5, 0.6) is 0 Å². The molecular formula is C11H22N2O. The van der Waals surface area contributed by atoms with Gasteiger partial charge in [-0.25, -0.2) is 0 Å². The Hall–Kier alpha value is -0.120. The Kier molecular flexibility index (Phi) is 3.10. The molecule has 0 amide bonds. The summed E-state index contributed by atoms with van der Waals surface area (Å²) in [7, 11) is 2.19. The largest absolute Gasteiger partial charge is 0.392 e. The van der Waals surface area contributed by atoms with Crippen molar-refractivity contribution >= 4 is 0 Å². The summed E-state index contributed by atoms with van der Waals surface area (Å²) in [5.74, 6) is 1.88. The van der Waals surface area contributed by atoms with Crippen LogP contribution in [-0.4, -0.2) is 48.8 Å². The first-order valence-corrected chi connectivity index (χ1v) is 5.75. The van der Waals surface area contributed by atoms with Crippen molar-refractivity contribution in [1.29, 1.82) is 0 Å². The summed E-state index contributed by atoms with van der Waals surface area (Å²) in [5.41, 5.74) is 0. The first-order chi connectivity index (χ1) is 6.65. The number of hydrogen-bond donors (Lipinski definition) is 2. The molecule has 1 aliphatic heterocycles. The van der Waals surface area contributed by atoms with E-state index in [1.54, 1.807) is 0 Å². The zero-order valence-electron chi connectivity index (χ0n) is 9.24. The maximum absolute atomic E-state index is 9.37. The molecule has 2 N–H and O–H groups in total. The maximum Gasteiger partial charge on any atom is 0.0680 e. The van der Waals surface area contributed by atoms with Crippen LogP contribution in [0.1, 0.15) is 19.8 Å². The number of β-amino-alcohol motifs (C(OH)–C–C–N with tert-alkyl or cyclic N) is 1. The lowest BCUT2D eigenvalue weighted by Gasteiger charge is -2.20. The molecule has 0 bridgehead atoms. The van der Waals surface area contributed by atoms with Crippen LogP contribution < -0.4 is 5.32 Å². The van der Waals surface area contributed by atoms with Crippen LogP contribution in [0.4, 0.5) is 0 Å². The zero-order chi connectivity index (χ0) is 10.1. The SMILES string of the molecule is CC1CC1CN(C)CC1CC(O)CN1. The zero-order valence-corrected chi connectivity index (χ0v) is 9.24. The fourth-order valence-corrected chi connectivity index (χ4v) is 2.44. The number of rotatable bonds is 4. The molecule has 0 aromatic carbocycles. The Bertz CT molecular complexity index is 198. The van der Waals surface area contributed by atoms with Gasteiger partial charge in [0.25, 0.3) is 0 Å². The Labute approximate surface area is 86.5 Å². The van der Waals surface area contributed by atoms with E-state index in [1.807, 2.05) is 0 Å². The highest BCUT2D eigenvalue weighted by molar-refractivity contribution is 4.87. The van der Waals surface area contributed by atoms with E-state index < -0.39 is 0 Å². The third kappa shape index (κ3) is 2.69. The summed E-state index contributed by atoms with van der Waals surface area (Å²) in [6.07, 6.45) is 2.21. The van der Waals surface area contributed by atoms with Gasteiger partial charge in [0.2, 0.25) is 0 Å². The van der Waals surface area contributed by atoms with Crippen molar-refractivity contribution in [2.24, 2.45) is 11.8 Å². The summed E-state index contributed by atoms with van der Waals surface area (Å²) >= 11 is 0. The summed E-state index contributed by atoms with van der Waals surface area (Å²) in [6, 6.07) is 0.504. The molecule has 2 aliphatic rings. The molecule has 3 heteroatoms. The molecule has 14 heavy (non-hydrogen) atoms. The van der Waals surface area contributed by atoms with E-state index in [0.29, 0.717) is 6.04 Å². The van der Waals surface area contributed by atoms with Gasteiger partial charge in [0.05, 0.1) is 6.10 Å². The van der Waals surface area contributed by atoms with Crippen LogP contribution in [0.2, 0.25) is 0 Å². The van der Waals surface area contributed by atoms with Gasteiger partial charge in [0, 0.05) is 25.7 Å². The minimum absolute atomic E-state index is 0.117. The topological polar surface area (TPSA) is 35.5 Å². The third-order valence-corrected chi connectivity index (χ3v) is 3.55. The minimum Gasteiger partial charge on any atom is -0.392 e. The summed E-state index contributed by atoms with van der Waals surface area (Å²) < 4.78 is 0. The predicted octanol–water partition coefficient (Wildman–Crippen LogP) is 0.297. The summed E-state index contributed by atoms with van der Waals surface area (Å²) in [5, 5.41) is 12.7. The van der Waals surface area contributed by atoms with Crippen LogP contribution in [0, 0.1) is 11.8 Å². The number of aliphatic hydroxyl groups is 1. The second-order valence-corrected chi connectivity index (χ2v) is 5.19. The van der Waals surface area contributed by atoms with Gasteiger partial charge >= 0.3 is 0 Å². The highest BCUT2D eigenvalue weighted by Crippen LogP contribution is 2.37. The summed E-state index contributed by atoms with van der Waals surface area (Å²) in [6.45, 7) is 5.42. The highest BCUT2D eigenvalue weighted by Gasteiger charge is 2.33. The maximum atomic E-state index is 9.37. The number of hydrogen-bond acceptors (Lipinski definition) is 3. The van der Waals surface area contributed by atoms with Crippen LogP contribution in [0.15, 0.2) is 0 Å². The van der Waals surface area contributed by atoms with Crippen molar-refractivity contribution in [2.75, 3.05) is 26.7 Å². The van der Waals surface area contributed by atoms with E-state index in [1.165, 1.54) is 13.0 Å². The Morgan fingerprint density at radius 3 is 2.57 bits per heavy atom. The van der Waals surface area contributed by atoms with E-state index in [4.69, 9.17) is 0 Å². The number of nitrogens with zero attached hydrogens (tertiary/aromatic N) is 1. The highest BCUT2D eigenvalue weighted by atomic mass is 16.3. The molecule has 1 aliphatic carbocycles. The van der Waals surface area contributed by atoms with E-state index in [2.05, 4.69) is 24.2 Å². The molecule has 0 spiro atoms. The molecule has 0 aromatic heterocycles. The van der Waals surface area contributed by atoms with Gasteiger partial charge in [-0.3, -0.25) is 0 Å². The van der Waals surface area contributed by atoms with Gasteiger partial charge in [-0.15, -0.1) is 0 Å². The first-order valence-electron chi connectivity index (χ1n) is 5.75. The lowest BCUT2D eigenvalue weighted by Crippen LogP contribution is -2.36. The molecule has 82 valence electrons. The fraction of sp³-hybridized carbons (Fsp3) is 1.00. The predicted molar refractivity (Wildman–Crippen MR) is 57.2 cm³/mol. The lowest BCUT2D eigenvalue weighted by atomic mass is 10.2. The van der Waals surface area contributed by atoms with Crippen molar-refractivity contribution in [3.05, 3.63) is 0 Å². The molecule has 2 fully saturated rings. The van der Waals surface area contributed by atoms with Crippen LogP contribution in [-0.2, 0) is 0 Å². The minimum atomic E-state index is -0.117. The molecule has 0 radical (unpaired) electrons. The molecule has 1 saturated heterocycles. The van der Waals surface area contributed by atoms with Crippen molar-refractivity contribution in [1.82, 2.24) is 10.2 Å². The Balaban J connectivity index is 1.64. The van der Waals surface area contributed by atoms with Gasteiger partial charge in [-0.2, -0.15) is 0 Å². The monoisotopic (exact) mass is 198 g/mol. The molecular weight excluding hydrogens is 176 g/mol. The van der Waals surface area contributed by atoms with Crippen molar-refractivity contribution < 1.29 is 5.11 Å². The quantitative estimate of drug-likeness (QED) is 0.682. The second-order valence-electron chi connectivity index (χ2n) is 5.19. The Morgan fingerprint density at radius 2 is 2.07 bits per heavy atom. The van der Waals surface area contributed by atoms with Crippen molar-refractivity contribution in [3.63, 3.8) is 0 Å². The molecule has 4 unspecified atom stereocenters. The lowest BCUT2D eigenvalue weighted by molar-refractivity contribution is 0.189. The third-order valence-electron chi connectivity index (χ3n) is 3.55. The molecule has 1 saturated carbocycles. The van der Waals surface area contributed by atoms with E-state index in [9.17, 15) is 5.11 Å². The smallest absolute Gasteiger partial charge is 0.0680 e. The average molecular weight is 198 g/mol. The first kappa shape index (κ1) is 10.4. The van der Waals surface area contributed by atoms with Gasteiger partial charge in [-0.05, 0) is 31.7 Å². The van der Waals surface area contributed by atoms with E-state index >= 15 is 0 Å².